The third-order valence-electron chi connectivity index (χ3n) is 2.93. The fourth-order valence-corrected chi connectivity index (χ4v) is 1.99. The number of amides is 1. The van der Waals surface area contributed by atoms with Gasteiger partial charge in [-0.05, 0) is 18.6 Å². The largest absolute Gasteiger partial charge is 0.477 e. The van der Waals surface area contributed by atoms with E-state index >= 15 is 0 Å². The van der Waals surface area contributed by atoms with Crippen molar-refractivity contribution >= 4 is 11.9 Å². The molecule has 1 N–H and O–H groups in total. The number of carbonyl (C=O) groups excluding carboxylic acids is 1. The van der Waals surface area contributed by atoms with E-state index in [9.17, 15) is 9.59 Å². The zero-order chi connectivity index (χ0) is 13.0. The summed E-state index contributed by atoms with van der Waals surface area (Å²) in [6.07, 6.45) is 2.43. The molecule has 2 heterocycles. The highest BCUT2D eigenvalue weighted by Crippen LogP contribution is 2.05. The van der Waals surface area contributed by atoms with E-state index < -0.39 is 5.97 Å². The smallest absolute Gasteiger partial charge is 0.352 e. The lowest BCUT2D eigenvalue weighted by Gasteiger charge is -2.20. The molecule has 0 atom stereocenters. The Hall–Kier alpha value is -1.82. The van der Waals surface area contributed by atoms with Crippen LogP contribution in [0.25, 0.3) is 0 Å². The summed E-state index contributed by atoms with van der Waals surface area (Å²) in [4.78, 5) is 24.7. The summed E-state index contributed by atoms with van der Waals surface area (Å²) in [5, 5.41) is 8.96. The summed E-state index contributed by atoms with van der Waals surface area (Å²) >= 11 is 0. The Morgan fingerprint density at radius 3 is 2.94 bits per heavy atom. The second-order valence-electron chi connectivity index (χ2n) is 4.17. The number of aromatic carboxylic acids is 1. The molecule has 1 aliphatic rings. The maximum Gasteiger partial charge on any atom is 0.352 e. The molecular formula is C12H16N2O4. The molecule has 98 valence electrons. The lowest BCUT2D eigenvalue weighted by Crippen LogP contribution is -2.36. The van der Waals surface area contributed by atoms with Gasteiger partial charge >= 0.3 is 5.97 Å². The number of aromatic nitrogens is 1. The molecule has 0 spiro atoms. The van der Waals surface area contributed by atoms with Gasteiger partial charge in [0.15, 0.2) is 0 Å². The molecule has 1 saturated heterocycles. The Morgan fingerprint density at radius 1 is 1.33 bits per heavy atom. The molecule has 18 heavy (non-hydrogen) atoms. The van der Waals surface area contributed by atoms with Crippen molar-refractivity contribution in [2.24, 2.45) is 0 Å². The number of carboxylic acids is 1. The number of carbonyl (C=O) groups is 2. The van der Waals surface area contributed by atoms with Gasteiger partial charge in [0.25, 0.3) is 0 Å². The van der Waals surface area contributed by atoms with Gasteiger partial charge in [-0.1, -0.05) is 0 Å². The van der Waals surface area contributed by atoms with Crippen LogP contribution in [-0.4, -0.2) is 52.8 Å². The first kappa shape index (κ1) is 12.6. The van der Waals surface area contributed by atoms with Crippen LogP contribution in [0, 0.1) is 0 Å². The minimum Gasteiger partial charge on any atom is -0.477 e. The summed E-state index contributed by atoms with van der Waals surface area (Å²) in [7, 11) is 0. The molecule has 6 nitrogen and oxygen atoms in total. The van der Waals surface area contributed by atoms with Crippen LogP contribution in [0.15, 0.2) is 18.3 Å². The molecule has 1 fully saturated rings. The number of ether oxygens (including phenoxy) is 1. The maximum atomic E-state index is 12.0. The summed E-state index contributed by atoms with van der Waals surface area (Å²) in [6.45, 7) is 2.52. The van der Waals surface area contributed by atoms with E-state index in [0.717, 1.165) is 6.42 Å². The van der Waals surface area contributed by atoms with E-state index in [0.29, 0.717) is 26.3 Å². The van der Waals surface area contributed by atoms with Crippen molar-refractivity contribution in [3.05, 3.63) is 24.0 Å². The molecule has 1 aromatic rings. The van der Waals surface area contributed by atoms with Crippen LogP contribution in [0.5, 0.6) is 0 Å². The Bertz CT molecular complexity index is 433. The SMILES string of the molecule is O=C(O)c1cccn1CC(=O)N1CCCOCC1. The molecule has 1 amide bonds. The topological polar surface area (TPSA) is 71.8 Å². The fourth-order valence-electron chi connectivity index (χ4n) is 1.99. The Kier molecular flexibility index (Phi) is 3.99. The van der Waals surface area contributed by atoms with Crippen LogP contribution in [0.2, 0.25) is 0 Å². The average Bonchev–Trinajstić information content (AvgIpc) is 2.63. The Morgan fingerprint density at radius 2 is 2.17 bits per heavy atom. The van der Waals surface area contributed by atoms with Crippen molar-refractivity contribution in [1.29, 1.82) is 0 Å². The van der Waals surface area contributed by atoms with E-state index in [1.807, 2.05) is 0 Å². The number of nitrogens with zero attached hydrogens (tertiary/aromatic N) is 2. The van der Waals surface area contributed by atoms with E-state index in [2.05, 4.69) is 0 Å². The average molecular weight is 252 g/mol. The van der Waals surface area contributed by atoms with Crippen LogP contribution < -0.4 is 0 Å². The van der Waals surface area contributed by atoms with Gasteiger partial charge in [-0.25, -0.2) is 4.79 Å². The third kappa shape index (κ3) is 2.89. The zero-order valence-corrected chi connectivity index (χ0v) is 10.0. The van der Waals surface area contributed by atoms with Crippen LogP contribution in [0.1, 0.15) is 16.9 Å². The van der Waals surface area contributed by atoms with Gasteiger partial charge in [-0.2, -0.15) is 0 Å². The third-order valence-corrected chi connectivity index (χ3v) is 2.93. The van der Waals surface area contributed by atoms with Gasteiger partial charge < -0.3 is 19.3 Å². The Labute approximate surface area is 105 Å². The van der Waals surface area contributed by atoms with Crippen LogP contribution in [-0.2, 0) is 16.1 Å². The molecule has 0 bridgehead atoms. The second kappa shape index (κ2) is 5.68. The Balaban J connectivity index is 2.01. The molecule has 1 aliphatic heterocycles. The predicted octanol–water partition coefficient (Wildman–Crippen LogP) is 0.435. The molecule has 0 aliphatic carbocycles. The number of carboxylic acid groups (broad SMARTS) is 1. The van der Waals surface area contributed by atoms with Crippen LogP contribution in [0.3, 0.4) is 0 Å². The number of hydrogen-bond donors (Lipinski definition) is 1. The molecule has 2 rings (SSSR count). The molecule has 1 aromatic heterocycles. The van der Waals surface area contributed by atoms with Gasteiger partial charge in [-0.3, -0.25) is 4.79 Å². The summed E-state index contributed by atoms with van der Waals surface area (Å²) in [6, 6.07) is 3.11. The van der Waals surface area contributed by atoms with Crippen LogP contribution >= 0.6 is 0 Å². The molecule has 0 aromatic carbocycles. The molecule has 6 heteroatoms. The highest BCUT2D eigenvalue weighted by molar-refractivity contribution is 5.86. The highest BCUT2D eigenvalue weighted by atomic mass is 16.5. The van der Waals surface area contributed by atoms with Gasteiger partial charge in [0.2, 0.25) is 5.91 Å². The highest BCUT2D eigenvalue weighted by Gasteiger charge is 2.18. The molecule has 0 unspecified atom stereocenters. The molecule has 0 saturated carbocycles. The first-order valence-electron chi connectivity index (χ1n) is 5.92. The van der Waals surface area contributed by atoms with E-state index in [1.54, 1.807) is 17.2 Å². The van der Waals surface area contributed by atoms with Gasteiger partial charge in [0.1, 0.15) is 12.2 Å². The normalized spacial score (nSPS) is 16.3. The van der Waals surface area contributed by atoms with Crippen molar-refractivity contribution in [3.8, 4) is 0 Å². The lowest BCUT2D eigenvalue weighted by molar-refractivity contribution is -0.131. The monoisotopic (exact) mass is 252 g/mol. The standard InChI is InChI=1S/C12H16N2O4/c15-11(13-5-2-7-18-8-6-13)9-14-4-1-3-10(14)12(16)17/h1,3-4H,2,5-9H2,(H,16,17). The predicted molar refractivity (Wildman–Crippen MR) is 63.4 cm³/mol. The first-order chi connectivity index (χ1) is 8.68. The minimum absolute atomic E-state index is 0.0641. The summed E-state index contributed by atoms with van der Waals surface area (Å²) in [5.74, 6) is -1.09. The van der Waals surface area contributed by atoms with Crippen molar-refractivity contribution in [2.75, 3.05) is 26.3 Å². The fraction of sp³-hybridized carbons (Fsp3) is 0.500. The lowest BCUT2D eigenvalue weighted by atomic mass is 10.3. The number of rotatable bonds is 3. The van der Waals surface area contributed by atoms with Crippen molar-refractivity contribution < 1.29 is 19.4 Å². The zero-order valence-electron chi connectivity index (χ0n) is 10.0. The van der Waals surface area contributed by atoms with Gasteiger partial charge in [0, 0.05) is 25.9 Å². The molecule has 0 radical (unpaired) electrons. The minimum atomic E-state index is -1.02. The van der Waals surface area contributed by atoms with E-state index in [1.165, 1.54) is 10.6 Å². The summed E-state index contributed by atoms with van der Waals surface area (Å²) in [5.41, 5.74) is 0.134. The van der Waals surface area contributed by atoms with E-state index in [-0.39, 0.29) is 18.1 Å². The van der Waals surface area contributed by atoms with Crippen molar-refractivity contribution in [3.63, 3.8) is 0 Å². The molecular weight excluding hydrogens is 236 g/mol. The van der Waals surface area contributed by atoms with E-state index in [4.69, 9.17) is 9.84 Å². The van der Waals surface area contributed by atoms with Crippen molar-refractivity contribution in [2.45, 2.75) is 13.0 Å². The summed E-state index contributed by atoms with van der Waals surface area (Å²) < 4.78 is 6.73. The van der Waals surface area contributed by atoms with Gasteiger partial charge in [0.05, 0.1) is 6.61 Å². The quantitative estimate of drug-likeness (QED) is 0.847. The van der Waals surface area contributed by atoms with Crippen LogP contribution in [0.4, 0.5) is 0 Å². The number of hydrogen-bond acceptors (Lipinski definition) is 3. The first-order valence-corrected chi connectivity index (χ1v) is 5.92. The second-order valence-corrected chi connectivity index (χ2v) is 4.17. The van der Waals surface area contributed by atoms with Gasteiger partial charge in [-0.15, -0.1) is 0 Å². The maximum absolute atomic E-state index is 12.0. The van der Waals surface area contributed by atoms with Crippen molar-refractivity contribution in [1.82, 2.24) is 9.47 Å².